The Balaban J connectivity index is 1.58. The maximum Gasteiger partial charge on any atom is 0.322 e. The summed E-state index contributed by atoms with van der Waals surface area (Å²) in [6.45, 7) is 2.35. The van der Waals surface area contributed by atoms with Gasteiger partial charge in [0.2, 0.25) is 5.91 Å². The Morgan fingerprint density at radius 3 is 3.04 bits per heavy atom. The van der Waals surface area contributed by atoms with E-state index in [1.165, 1.54) is 17.0 Å². The number of carbonyl (C=O) groups excluding carboxylic acids is 2. The summed E-state index contributed by atoms with van der Waals surface area (Å²) in [5, 5.41) is 5.48. The topological polar surface area (TPSA) is 74.3 Å². The van der Waals surface area contributed by atoms with Crippen LogP contribution in [0.4, 0.5) is 14.9 Å². The minimum atomic E-state index is -0.318. The SMILES string of the molecule is Cc1cc(F)ccc1CNC(=O)CN1Cc2cnccc2NC1=O. The van der Waals surface area contributed by atoms with Gasteiger partial charge in [-0.15, -0.1) is 0 Å². The minimum Gasteiger partial charge on any atom is -0.350 e. The van der Waals surface area contributed by atoms with Gasteiger partial charge in [0.25, 0.3) is 0 Å². The van der Waals surface area contributed by atoms with Crippen molar-refractivity contribution in [1.82, 2.24) is 15.2 Å². The van der Waals surface area contributed by atoms with E-state index >= 15 is 0 Å². The van der Waals surface area contributed by atoms with Crippen LogP contribution in [0.15, 0.2) is 36.7 Å². The largest absolute Gasteiger partial charge is 0.350 e. The Bertz CT molecular complexity index is 794. The van der Waals surface area contributed by atoms with E-state index < -0.39 is 0 Å². The summed E-state index contributed by atoms with van der Waals surface area (Å²) < 4.78 is 13.1. The molecule has 1 aliphatic heterocycles. The Morgan fingerprint density at radius 2 is 2.25 bits per heavy atom. The number of aromatic nitrogens is 1. The van der Waals surface area contributed by atoms with Crippen LogP contribution in [0.2, 0.25) is 0 Å². The smallest absolute Gasteiger partial charge is 0.322 e. The molecular weight excluding hydrogens is 311 g/mol. The number of urea groups is 1. The molecule has 2 heterocycles. The van der Waals surface area contributed by atoms with Crippen molar-refractivity contribution in [3.8, 4) is 0 Å². The van der Waals surface area contributed by atoms with Crippen LogP contribution in [0.1, 0.15) is 16.7 Å². The van der Waals surface area contributed by atoms with E-state index in [0.29, 0.717) is 18.8 Å². The highest BCUT2D eigenvalue weighted by atomic mass is 19.1. The molecule has 0 unspecified atom stereocenters. The molecule has 6 nitrogen and oxygen atoms in total. The summed E-state index contributed by atoms with van der Waals surface area (Å²) in [6, 6.07) is 5.82. The summed E-state index contributed by atoms with van der Waals surface area (Å²) in [6.07, 6.45) is 3.27. The minimum absolute atomic E-state index is 0.0551. The van der Waals surface area contributed by atoms with Gasteiger partial charge in [-0.05, 0) is 36.2 Å². The number of benzene rings is 1. The first kappa shape index (κ1) is 15.9. The number of aryl methyl sites for hydroxylation is 1. The van der Waals surface area contributed by atoms with Gasteiger partial charge < -0.3 is 15.5 Å². The van der Waals surface area contributed by atoms with Crippen molar-refractivity contribution in [2.45, 2.75) is 20.0 Å². The molecule has 3 amide bonds. The van der Waals surface area contributed by atoms with Gasteiger partial charge in [-0.1, -0.05) is 6.07 Å². The molecule has 0 spiro atoms. The number of hydrogen-bond donors (Lipinski definition) is 2. The molecule has 1 aromatic carbocycles. The van der Waals surface area contributed by atoms with Crippen LogP contribution < -0.4 is 10.6 Å². The Labute approximate surface area is 138 Å². The average Bonchev–Trinajstić information content (AvgIpc) is 2.55. The molecule has 0 fully saturated rings. The van der Waals surface area contributed by atoms with Crippen molar-refractivity contribution < 1.29 is 14.0 Å². The third-order valence-corrected chi connectivity index (χ3v) is 3.91. The fraction of sp³-hybridized carbons (Fsp3) is 0.235. The summed E-state index contributed by atoms with van der Waals surface area (Å²) in [7, 11) is 0. The van der Waals surface area contributed by atoms with Crippen LogP contribution in [0.25, 0.3) is 0 Å². The van der Waals surface area contributed by atoms with E-state index in [9.17, 15) is 14.0 Å². The Hall–Kier alpha value is -2.96. The zero-order valence-corrected chi connectivity index (χ0v) is 13.2. The molecule has 2 aromatic rings. The second kappa shape index (κ2) is 6.66. The quantitative estimate of drug-likeness (QED) is 0.903. The highest BCUT2D eigenvalue weighted by Gasteiger charge is 2.24. The summed E-state index contributed by atoms with van der Waals surface area (Å²) in [5.41, 5.74) is 3.18. The molecule has 0 saturated carbocycles. The number of carbonyl (C=O) groups is 2. The van der Waals surface area contributed by atoms with E-state index in [4.69, 9.17) is 0 Å². The van der Waals surface area contributed by atoms with Gasteiger partial charge in [0.15, 0.2) is 0 Å². The van der Waals surface area contributed by atoms with Gasteiger partial charge in [-0.25, -0.2) is 9.18 Å². The maximum absolute atomic E-state index is 13.1. The van der Waals surface area contributed by atoms with Crippen LogP contribution in [-0.4, -0.2) is 28.4 Å². The monoisotopic (exact) mass is 328 g/mol. The number of rotatable bonds is 4. The van der Waals surface area contributed by atoms with Crippen molar-refractivity contribution in [2.75, 3.05) is 11.9 Å². The second-order valence-electron chi connectivity index (χ2n) is 5.67. The molecule has 1 aromatic heterocycles. The highest BCUT2D eigenvalue weighted by molar-refractivity contribution is 5.94. The molecule has 0 radical (unpaired) electrons. The molecular formula is C17H17FN4O2. The van der Waals surface area contributed by atoms with Gasteiger partial charge in [-0.3, -0.25) is 9.78 Å². The normalized spacial score (nSPS) is 13.2. The van der Waals surface area contributed by atoms with E-state index in [0.717, 1.165) is 16.7 Å². The number of hydrogen-bond acceptors (Lipinski definition) is 3. The zero-order chi connectivity index (χ0) is 17.1. The van der Waals surface area contributed by atoms with Gasteiger partial charge in [0.1, 0.15) is 12.4 Å². The molecule has 0 atom stereocenters. The molecule has 2 N–H and O–H groups in total. The van der Waals surface area contributed by atoms with Crippen molar-refractivity contribution in [1.29, 1.82) is 0 Å². The van der Waals surface area contributed by atoms with Gasteiger partial charge in [0, 0.05) is 24.5 Å². The average molecular weight is 328 g/mol. The molecule has 1 aliphatic rings. The zero-order valence-electron chi connectivity index (χ0n) is 13.2. The predicted molar refractivity (Wildman–Crippen MR) is 86.6 cm³/mol. The molecule has 3 rings (SSSR count). The Morgan fingerprint density at radius 1 is 1.42 bits per heavy atom. The Kier molecular flexibility index (Phi) is 4.41. The molecule has 24 heavy (non-hydrogen) atoms. The first-order chi connectivity index (χ1) is 11.5. The lowest BCUT2D eigenvalue weighted by Crippen LogP contribution is -2.44. The third-order valence-electron chi connectivity index (χ3n) is 3.91. The molecule has 124 valence electrons. The van der Waals surface area contributed by atoms with E-state index in [-0.39, 0.29) is 24.3 Å². The van der Waals surface area contributed by atoms with Crippen LogP contribution >= 0.6 is 0 Å². The fourth-order valence-electron chi connectivity index (χ4n) is 2.56. The molecule has 7 heteroatoms. The van der Waals surface area contributed by atoms with Gasteiger partial charge in [0.05, 0.1) is 12.2 Å². The number of anilines is 1. The van der Waals surface area contributed by atoms with Crippen molar-refractivity contribution in [3.05, 3.63) is 59.2 Å². The lowest BCUT2D eigenvalue weighted by molar-refractivity contribution is -0.121. The van der Waals surface area contributed by atoms with Crippen LogP contribution in [-0.2, 0) is 17.9 Å². The number of amides is 3. The summed E-state index contributed by atoms with van der Waals surface area (Å²) >= 11 is 0. The molecule has 0 saturated heterocycles. The van der Waals surface area contributed by atoms with Crippen LogP contribution in [0.5, 0.6) is 0 Å². The first-order valence-corrected chi connectivity index (χ1v) is 7.53. The predicted octanol–water partition coefficient (Wildman–Crippen LogP) is 2.19. The van der Waals surface area contributed by atoms with Crippen molar-refractivity contribution in [2.24, 2.45) is 0 Å². The summed E-state index contributed by atoms with van der Waals surface area (Å²) in [5.74, 6) is -0.582. The van der Waals surface area contributed by atoms with Crippen molar-refractivity contribution in [3.63, 3.8) is 0 Å². The lowest BCUT2D eigenvalue weighted by Gasteiger charge is -2.28. The maximum atomic E-state index is 13.1. The number of halogens is 1. The number of fused-ring (bicyclic) bond motifs is 1. The number of pyridine rings is 1. The summed E-state index contributed by atoms with van der Waals surface area (Å²) in [4.78, 5) is 29.6. The standard InChI is InChI=1S/C17H17FN4O2/c1-11-6-14(18)3-2-12(11)8-20-16(23)10-22-9-13-7-19-5-4-15(13)21-17(22)24/h2-7H,8-10H2,1H3,(H,20,23)(H,21,24). The first-order valence-electron chi connectivity index (χ1n) is 7.53. The van der Waals surface area contributed by atoms with E-state index in [1.807, 2.05) is 0 Å². The van der Waals surface area contributed by atoms with Gasteiger partial charge in [-0.2, -0.15) is 0 Å². The van der Waals surface area contributed by atoms with Crippen LogP contribution in [0.3, 0.4) is 0 Å². The third kappa shape index (κ3) is 3.51. The van der Waals surface area contributed by atoms with E-state index in [1.54, 1.807) is 31.5 Å². The fourth-order valence-corrected chi connectivity index (χ4v) is 2.56. The van der Waals surface area contributed by atoms with Crippen molar-refractivity contribution >= 4 is 17.6 Å². The van der Waals surface area contributed by atoms with Crippen LogP contribution in [0, 0.1) is 12.7 Å². The second-order valence-corrected chi connectivity index (χ2v) is 5.67. The lowest BCUT2D eigenvalue weighted by atomic mass is 10.1. The number of nitrogens with zero attached hydrogens (tertiary/aromatic N) is 2. The molecule has 0 aliphatic carbocycles. The van der Waals surface area contributed by atoms with Gasteiger partial charge >= 0.3 is 6.03 Å². The number of nitrogens with one attached hydrogen (secondary N) is 2. The molecule has 0 bridgehead atoms. The highest BCUT2D eigenvalue weighted by Crippen LogP contribution is 2.21. The van der Waals surface area contributed by atoms with E-state index in [2.05, 4.69) is 15.6 Å².